The lowest BCUT2D eigenvalue weighted by Gasteiger charge is -2.26. The van der Waals surface area contributed by atoms with Crippen LogP contribution in [0.15, 0.2) is 24.3 Å². The zero-order valence-electron chi connectivity index (χ0n) is 12.7. The molecule has 1 aromatic carbocycles. The Hall–Kier alpha value is -2.18. The molecule has 0 spiro atoms. The number of benzene rings is 1. The minimum atomic E-state index is 0.511. The van der Waals surface area contributed by atoms with E-state index in [2.05, 4.69) is 26.2 Å². The van der Waals surface area contributed by atoms with E-state index in [1.54, 1.807) is 10.7 Å². The molecule has 3 heterocycles. The summed E-state index contributed by atoms with van der Waals surface area (Å²) < 4.78 is 7.14. The summed E-state index contributed by atoms with van der Waals surface area (Å²) in [4.78, 5) is 11.1. The van der Waals surface area contributed by atoms with Crippen LogP contribution in [-0.2, 0) is 11.8 Å². The lowest BCUT2D eigenvalue weighted by molar-refractivity contribution is 0.122. The van der Waals surface area contributed by atoms with E-state index in [-0.39, 0.29) is 0 Å². The van der Waals surface area contributed by atoms with Gasteiger partial charge in [0.2, 0.25) is 5.95 Å². The molecule has 1 radical (unpaired) electrons. The number of aryl methyl sites for hydroxylation is 1. The number of hydrogen-bond donors (Lipinski definition) is 0. The van der Waals surface area contributed by atoms with E-state index >= 15 is 0 Å². The Morgan fingerprint density at radius 1 is 1.26 bits per heavy atom. The number of morpholine rings is 1. The van der Waals surface area contributed by atoms with Gasteiger partial charge in [0.1, 0.15) is 0 Å². The third-order valence-corrected chi connectivity index (χ3v) is 4.26. The second-order valence-corrected chi connectivity index (χ2v) is 5.79. The van der Waals surface area contributed by atoms with Gasteiger partial charge in [-0.3, -0.25) is 4.68 Å². The highest BCUT2D eigenvalue weighted by molar-refractivity contribution is 6.34. The molecular formula is C16H15ClN5O. The Kier molecular flexibility index (Phi) is 3.63. The summed E-state index contributed by atoms with van der Waals surface area (Å²) in [6.07, 6.45) is 2.95. The molecule has 1 aliphatic rings. The van der Waals surface area contributed by atoms with E-state index in [0.717, 1.165) is 35.2 Å². The zero-order valence-corrected chi connectivity index (χ0v) is 13.4. The summed E-state index contributed by atoms with van der Waals surface area (Å²) in [5.74, 6) is 0.689. The van der Waals surface area contributed by atoms with Crippen LogP contribution in [0.5, 0.6) is 0 Å². The Bertz CT molecular complexity index is 857. The van der Waals surface area contributed by atoms with Crippen molar-refractivity contribution in [3.63, 3.8) is 0 Å². The van der Waals surface area contributed by atoms with E-state index in [1.807, 2.05) is 25.2 Å². The van der Waals surface area contributed by atoms with Gasteiger partial charge in [0.25, 0.3) is 0 Å². The quantitative estimate of drug-likeness (QED) is 0.722. The van der Waals surface area contributed by atoms with Crippen LogP contribution < -0.4 is 4.90 Å². The fourth-order valence-electron chi connectivity index (χ4n) is 2.74. The van der Waals surface area contributed by atoms with Gasteiger partial charge in [0, 0.05) is 31.1 Å². The first-order valence-electron chi connectivity index (χ1n) is 7.43. The lowest BCUT2D eigenvalue weighted by Crippen LogP contribution is -2.37. The highest BCUT2D eigenvalue weighted by Gasteiger charge is 2.15. The van der Waals surface area contributed by atoms with Crippen LogP contribution in [0, 0.1) is 6.20 Å². The van der Waals surface area contributed by atoms with Crippen LogP contribution in [0.1, 0.15) is 0 Å². The first-order valence-corrected chi connectivity index (χ1v) is 7.80. The van der Waals surface area contributed by atoms with Crippen LogP contribution in [0.2, 0.25) is 5.15 Å². The molecule has 0 N–H and O–H groups in total. The predicted molar refractivity (Wildman–Crippen MR) is 88.6 cm³/mol. The molecule has 0 unspecified atom stereocenters. The number of fused-ring (bicyclic) bond motifs is 1. The highest BCUT2D eigenvalue weighted by Crippen LogP contribution is 2.27. The molecule has 3 aromatic rings. The Labute approximate surface area is 138 Å². The van der Waals surface area contributed by atoms with Gasteiger partial charge in [-0.05, 0) is 18.2 Å². The SMILES string of the molecule is Cn1nc(Cl)c2ccc(-c3c[c]nc(N4CCOCC4)n3)cc21. The van der Waals surface area contributed by atoms with Crippen molar-refractivity contribution in [2.24, 2.45) is 7.05 Å². The molecule has 0 bridgehead atoms. The second kappa shape index (κ2) is 5.79. The summed E-state index contributed by atoms with van der Waals surface area (Å²) in [7, 11) is 1.88. The Balaban J connectivity index is 1.74. The molecule has 6 nitrogen and oxygen atoms in total. The van der Waals surface area contributed by atoms with E-state index in [4.69, 9.17) is 16.3 Å². The molecule has 23 heavy (non-hydrogen) atoms. The van der Waals surface area contributed by atoms with Crippen molar-refractivity contribution in [3.8, 4) is 11.3 Å². The third kappa shape index (κ3) is 2.64. The minimum Gasteiger partial charge on any atom is -0.378 e. The van der Waals surface area contributed by atoms with Gasteiger partial charge in [-0.1, -0.05) is 17.7 Å². The average molecular weight is 329 g/mol. The van der Waals surface area contributed by atoms with Crippen molar-refractivity contribution in [1.82, 2.24) is 19.7 Å². The second-order valence-electron chi connectivity index (χ2n) is 5.43. The maximum atomic E-state index is 6.12. The van der Waals surface area contributed by atoms with Gasteiger partial charge in [0.15, 0.2) is 5.15 Å². The molecule has 0 aliphatic carbocycles. The average Bonchev–Trinajstić information content (AvgIpc) is 2.90. The third-order valence-electron chi connectivity index (χ3n) is 3.98. The van der Waals surface area contributed by atoms with Crippen LogP contribution in [0.4, 0.5) is 5.95 Å². The fraction of sp³-hybridized carbons (Fsp3) is 0.312. The number of nitrogens with zero attached hydrogens (tertiary/aromatic N) is 5. The van der Waals surface area contributed by atoms with Gasteiger partial charge >= 0.3 is 0 Å². The molecule has 1 aliphatic heterocycles. The van der Waals surface area contributed by atoms with Gasteiger partial charge < -0.3 is 9.64 Å². The van der Waals surface area contributed by atoms with Gasteiger partial charge in [-0.2, -0.15) is 5.10 Å². The summed E-state index contributed by atoms with van der Waals surface area (Å²) in [5, 5.41) is 5.68. The number of hydrogen-bond acceptors (Lipinski definition) is 5. The summed E-state index contributed by atoms with van der Waals surface area (Å²) in [6, 6.07) is 7.79. The first kappa shape index (κ1) is 14.4. The Morgan fingerprint density at radius 3 is 2.91 bits per heavy atom. The Morgan fingerprint density at radius 2 is 2.09 bits per heavy atom. The van der Waals surface area contributed by atoms with Crippen molar-refractivity contribution in [3.05, 3.63) is 35.6 Å². The zero-order chi connectivity index (χ0) is 15.8. The monoisotopic (exact) mass is 328 g/mol. The van der Waals surface area contributed by atoms with Crippen molar-refractivity contribution in [2.75, 3.05) is 31.2 Å². The van der Waals surface area contributed by atoms with Crippen molar-refractivity contribution < 1.29 is 4.74 Å². The van der Waals surface area contributed by atoms with Crippen molar-refractivity contribution in [1.29, 1.82) is 0 Å². The fourth-order valence-corrected chi connectivity index (χ4v) is 3.01. The minimum absolute atomic E-state index is 0.511. The highest BCUT2D eigenvalue weighted by atomic mass is 35.5. The summed E-state index contributed by atoms with van der Waals surface area (Å²) in [6.45, 7) is 3.00. The topological polar surface area (TPSA) is 56.1 Å². The molecule has 7 heteroatoms. The lowest BCUT2D eigenvalue weighted by atomic mass is 10.1. The van der Waals surface area contributed by atoms with Crippen LogP contribution in [-0.4, -0.2) is 46.1 Å². The van der Waals surface area contributed by atoms with E-state index < -0.39 is 0 Å². The number of anilines is 1. The van der Waals surface area contributed by atoms with E-state index in [9.17, 15) is 0 Å². The smallest absolute Gasteiger partial charge is 0.226 e. The van der Waals surface area contributed by atoms with Gasteiger partial charge in [0.05, 0.1) is 30.6 Å². The van der Waals surface area contributed by atoms with Crippen molar-refractivity contribution >= 4 is 28.5 Å². The predicted octanol–water partition coefficient (Wildman–Crippen LogP) is 2.32. The number of aromatic nitrogens is 4. The van der Waals surface area contributed by atoms with Crippen LogP contribution in [0.25, 0.3) is 22.2 Å². The first-order chi connectivity index (χ1) is 11.2. The van der Waals surface area contributed by atoms with E-state index in [1.165, 1.54) is 0 Å². The largest absolute Gasteiger partial charge is 0.378 e. The van der Waals surface area contributed by atoms with Crippen molar-refractivity contribution in [2.45, 2.75) is 0 Å². The molecule has 4 rings (SSSR count). The van der Waals surface area contributed by atoms with Gasteiger partial charge in [-0.15, -0.1) is 0 Å². The van der Waals surface area contributed by atoms with Crippen LogP contribution in [0.3, 0.4) is 0 Å². The molecular weight excluding hydrogens is 314 g/mol. The van der Waals surface area contributed by atoms with Crippen LogP contribution >= 0.6 is 11.6 Å². The molecule has 117 valence electrons. The summed E-state index contributed by atoms with van der Waals surface area (Å²) in [5.41, 5.74) is 2.80. The maximum Gasteiger partial charge on any atom is 0.226 e. The number of halogens is 1. The van der Waals surface area contributed by atoms with Gasteiger partial charge in [-0.25, -0.2) is 9.97 Å². The molecule has 0 atom stereocenters. The maximum absolute atomic E-state index is 6.12. The molecule has 2 aromatic heterocycles. The van der Waals surface area contributed by atoms with E-state index in [0.29, 0.717) is 24.3 Å². The molecule has 1 fully saturated rings. The standard InChI is InChI=1S/C16H15ClN5O/c1-21-14-10-11(2-3-12(14)15(17)20-21)13-4-5-18-16(19-13)22-6-8-23-9-7-22/h2-4,10H,6-9H2,1H3. The summed E-state index contributed by atoms with van der Waals surface area (Å²) >= 11 is 6.12. The molecule has 0 amide bonds. The molecule has 0 saturated carbocycles. The normalized spacial score (nSPS) is 15.3. The number of rotatable bonds is 2. The molecule has 1 saturated heterocycles. The number of ether oxygens (including phenoxy) is 1.